The number of sulfonamides is 1. The normalized spacial score (nSPS) is 21.2. The Hall–Kier alpha value is -1.81. The number of aryl methyl sites for hydroxylation is 2. The number of hydrogen-bond donors (Lipinski definition) is 2. The zero-order valence-corrected chi connectivity index (χ0v) is 18.2. The van der Waals surface area contributed by atoms with Crippen molar-refractivity contribution in [2.24, 2.45) is 5.92 Å². The summed E-state index contributed by atoms with van der Waals surface area (Å²) in [6.07, 6.45) is 1.13. The second-order valence-electron chi connectivity index (χ2n) is 8.89. The fraction of sp³-hybridized carbons (Fsp3) is 0.667. The Balaban J connectivity index is 1.34. The van der Waals surface area contributed by atoms with E-state index in [1.807, 2.05) is 0 Å². The van der Waals surface area contributed by atoms with Gasteiger partial charge in [-0.15, -0.1) is 0 Å². The van der Waals surface area contributed by atoms with Gasteiger partial charge in [-0.3, -0.25) is 0 Å². The summed E-state index contributed by atoms with van der Waals surface area (Å²) in [5, 5.41) is 2.80. The number of nitrogens with zero attached hydrogens (tertiary/aromatic N) is 1. The highest BCUT2D eigenvalue weighted by atomic mass is 32.2. The second kappa shape index (κ2) is 8.61. The van der Waals surface area contributed by atoms with Crippen molar-refractivity contribution >= 4 is 21.7 Å². The maximum absolute atomic E-state index is 12.5. The Labute approximate surface area is 180 Å². The van der Waals surface area contributed by atoms with Gasteiger partial charge in [0, 0.05) is 18.8 Å². The van der Waals surface area contributed by atoms with Crippen molar-refractivity contribution in [3.63, 3.8) is 0 Å². The van der Waals surface area contributed by atoms with Crippen LogP contribution in [-0.4, -0.2) is 50.9 Å². The minimum atomic E-state index is -4.22. The smallest absolute Gasteiger partial charge is 0.307 e. The lowest BCUT2D eigenvalue weighted by molar-refractivity contribution is -0.137. The molecule has 2 amide bonds. The molecule has 2 N–H and O–H groups in total. The highest BCUT2D eigenvalue weighted by Crippen LogP contribution is 2.38. The van der Waals surface area contributed by atoms with Gasteiger partial charge < -0.3 is 10.2 Å². The predicted molar refractivity (Wildman–Crippen MR) is 112 cm³/mol. The molecule has 6 nitrogen and oxygen atoms in total. The third-order valence-corrected chi connectivity index (χ3v) is 7.90. The molecule has 10 heteroatoms. The summed E-state index contributed by atoms with van der Waals surface area (Å²) in [6.45, 7) is 0.598. The predicted octanol–water partition coefficient (Wildman–Crippen LogP) is 3.39. The summed E-state index contributed by atoms with van der Waals surface area (Å²) in [5.74, 6) is -0.558. The fourth-order valence-electron chi connectivity index (χ4n) is 5.14. The van der Waals surface area contributed by atoms with Crippen LogP contribution < -0.4 is 10.0 Å². The van der Waals surface area contributed by atoms with Crippen LogP contribution in [0.5, 0.6) is 0 Å². The molecule has 172 valence electrons. The van der Waals surface area contributed by atoms with Gasteiger partial charge in [0.2, 0.25) is 10.0 Å². The van der Waals surface area contributed by atoms with Gasteiger partial charge in [-0.25, -0.2) is 17.9 Å². The number of carbonyl (C=O) groups is 1. The summed E-state index contributed by atoms with van der Waals surface area (Å²) >= 11 is 0. The zero-order valence-electron chi connectivity index (χ0n) is 17.4. The molecule has 1 saturated heterocycles. The van der Waals surface area contributed by atoms with Gasteiger partial charge in [0.1, 0.15) is 0 Å². The van der Waals surface area contributed by atoms with Crippen molar-refractivity contribution in [1.82, 2.24) is 9.62 Å². The number of rotatable bonds is 6. The lowest BCUT2D eigenvalue weighted by Gasteiger charge is -2.18. The molecular formula is C21H28F3N3O3S. The molecule has 0 aromatic heterocycles. The molecule has 1 aliphatic heterocycles. The van der Waals surface area contributed by atoms with E-state index in [-0.39, 0.29) is 24.8 Å². The van der Waals surface area contributed by atoms with Crippen LogP contribution in [0.1, 0.15) is 47.9 Å². The molecule has 4 rings (SSSR count). The van der Waals surface area contributed by atoms with Crippen LogP contribution in [0.3, 0.4) is 0 Å². The fourth-order valence-corrected chi connectivity index (χ4v) is 6.45. The van der Waals surface area contributed by atoms with Crippen molar-refractivity contribution in [3.05, 3.63) is 28.3 Å². The standard InChI is InChI=1S/C21H28F3N3O3S/c22-21(23,24)8-10-27-9-7-14(12-27)13-31(29,30)26-20(28)25-19-17-5-1-3-15(17)11-16-4-2-6-18(16)19/h11,14H,1-10,12-13H2,(H2,25,26,28). The van der Waals surface area contributed by atoms with Crippen molar-refractivity contribution in [2.45, 2.75) is 57.5 Å². The zero-order chi connectivity index (χ0) is 22.2. The van der Waals surface area contributed by atoms with E-state index in [9.17, 15) is 26.4 Å². The van der Waals surface area contributed by atoms with E-state index >= 15 is 0 Å². The second-order valence-corrected chi connectivity index (χ2v) is 10.7. The number of hydrogen-bond acceptors (Lipinski definition) is 4. The Kier molecular flexibility index (Phi) is 6.22. The number of carbonyl (C=O) groups excluding carboxylic acids is 1. The largest absolute Gasteiger partial charge is 0.390 e. The first kappa shape index (κ1) is 22.4. The number of halogens is 3. The van der Waals surface area contributed by atoms with Crippen LogP contribution in [-0.2, 0) is 35.7 Å². The van der Waals surface area contributed by atoms with E-state index in [2.05, 4.69) is 16.1 Å². The van der Waals surface area contributed by atoms with E-state index in [4.69, 9.17) is 0 Å². The van der Waals surface area contributed by atoms with Crippen LogP contribution in [0.4, 0.5) is 23.7 Å². The average molecular weight is 460 g/mol. The summed E-state index contributed by atoms with van der Waals surface area (Å²) in [7, 11) is -3.89. The first-order valence-electron chi connectivity index (χ1n) is 10.9. The number of benzene rings is 1. The summed E-state index contributed by atoms with van der Waals surface area (Å²) in [6, 6.07) is 1.47. The third kappa shape index (κ3) is 5.52. The number of alkyl halides is 3. The average Bonchev–Trinajstić information content (AvgIpc) is 3.38. The van der Waals surface area contributed by atoms with Crippen molar-refractivity contribution < 1.29 is 26.4 Å². The first-order valence-corrected chi connectivity index (χ1v) is 12.5. The van der Waals surface area contributed by atoms with Gasteiger partial charge in [-0.2, -0.15) is 13.2 Å². The Morgan fingerprint density at radius 3 is 2.35 bits per heavy atom. The van der Waals surface area contributed by atoms with Gasteiger partial charge in [0.05, 0.1) is 12.2 Å². The monoisotopic (exact) mass is 459 g/mol. The minimum Gasteiger partial charge on any atom is -0.307 e. The van der Waals surface area contributed by atoms with Crippen LogP contribution >= 0.6 is 0 Å². The van der Waals surface area contributed by atoms with Crippen LogP contribution in [0.15, 0.2) is 6.07 Å². The Morgan fingerprint density at radius 1 is 1.10 bits per heavy atom. The van der Waals surface area contributed by atoms with Crippen LogP contribution in [0, 0.1) is 5.92 Å². The van der Waals surface area contributed by atoms with Gasteiger partial charge >= 0.3 is 12.2 Å². The van der Waals surface area contributed by atoms with Crippen LogP contribution in [0.25, 0.3) is 0 Å². The molecule has 1 fully saturated rings. The van der Waals surface area contributed by atoms with Crippen molar-refractivity contribution in [2.75, 3.05) is 30.7 Å². The number of amides is 2. The lowest BCUT2D eigenvalue weighted by Crippen LogP contribution is -2.38. The highest BCUT2D eigenvalue weighted by molar-refractivity contribution is 7.90. The van der Waals surface area contributed by atoms with Crippen molar-refractivity contribution in [3.8, 4) is 0 Å². The summed E-state index contributed by atoms with van der Waals surface area (Å²) in [4.78, 5) is 14.2. The SMILES string of the molecule is O=C(Nc1c2c(cc3c1CCC3)CCC2)NS(=O)(=O)CC1CCN(CCC(F)(F)F)C1. The molecule has 1 aromatic carbocycles. The molecule has 31 heavy (non-hydrogen) atoms. The molecule has 1 atom stereocenters. The van der Waals surface area contributed by atoms with Crippen LogP contribution in [0.2, 0.25) is 0 Å². The molecule has 3 aliphatic rings. The molecule has 0 spiro atoms. The number of fused-ring (bicyclic) bond motifs is 2. The molecule has 0 radical (unpaired) electrons. The summed E-state index contributed by atoms with van der Waals surface area (Å²) in [5.41, 5.74) is 5.48. The van der Waals surface area contributed by atoms with Crippen molar-refractivity contribution in [1.29, 1.82) is 0 Å². The molecule has 1 heterocycles. The number of likely N-dealkylation sites (tertiary alicyclic amines) is 1. The van der Waals surface area contributed by atoms with E-state index in [1.165, 1.54) is 11.1 Å². The van der Waals surface area contributed by atoms with E-state index < -0.39 is 28.7 Å². The lowest BCUT2D eigenvalue weighted by atomic mass is 9.99. The summed E-state index contributed by atoms with van der Waals surface area (Å²) < 4.78 is 64.3. The van der Waals surface area contributed by atoms with Gasteiger partial charge in [-0.05, 0) is 79.7 Å². The highest BCUT2D eigenvalue weighted by Gasteiger charge is 2.32. The number of urea groups is 1. The first-order chi connectivity index (χ1) is 14.6. The van der Waals surface area contributed by atoms with Gasteiger partial charge in [0.25, 0.3) is 0 Å². The molecule has 0 bridgehead atoms. The Morgan fingerprint density at radius 2 is 1.74 bits per heavy atom. The van der Waals surface area contributed by atoms with E-state index in [0.717, 1.165) is 55.3 Å². The third-order valence-electron chi connectivity index (χ3n) is 6.50. The molecule has 1 aromatic rings. The number of nitrogens with one attached hydrogen (secondary N) is 2. The Bertz CT molecular complexity index is 931. The number of anilines is 1. The maximum Gasteiger partial charge on any atom is 0.390 e. The quantitative estimate of drug-likeness (QED) is 0.684. The van der Waals surface area contributed by atoms with E-state index in [0.29, 0.717) is 13.0 Å². The van der Waals surface area contributed by atoms with Gasteiger partial charge in [0.15, 0.2) is 0 Å². The molecule has 1 unspecified atom stereocenters. The van der Waals surface area contributed by atoms with Gasteiger partial charge in [-0.1, -0.05) is 6.07 Å². The topological polar surface area (TPSA) is 78.5 Å². The molecule has 2 aliphatic carbocycles. The molecular weight excluding hydrogens is 431 g/mol. The minimum absolute atomic E-state index is 0.127. The van der Waals surface area contributed by atoms with E-state index in [1.54, 1.807) is 4.90 Å². The molecule has 0 saturated carbocycles. The maximum atomic E-state index is 12.5.